The predicted octanol–water partition coefficient (Wildman–Crippen LogP) is -0.0547. The number of amides is 1. The van der Waals surface area contributed by atoms with Crippen molar-refractivity contribution in [3.8, 4) is 0 Å². The lowest BCUT2D eigenvalue weighted by Gasteiger charge is -2.30. The Bertz CT molecular complexity index is 792. The van der Waals surface area contributed by atoms with Crippen LogP contribution in [0.2, 0.25) is 0 Å². The second-order valence-electron chi connectivity index (χ2n) is 5.84. The van der Waals surface area contributed by atoms with Crippen LogP contribution < -0.4 is 5.73 Å². The number of nitrogens with zero attached hydrogens (tertiary/aromatic N) is 1. The van der Waals surface area contributed by atoms with E-state index in [9.17, 15) is 14.4 Å². The molecule has 9 heteroatoms. The van der Waals surface area contributed by atoms with Crippen molar-refractivity contribution in [3.63, 3.8) is 0 Å². The smallest absolute Gasteiger partial charge is 0.348 e. The summed E-state index contributed by atoms with van der Waals surface area (Å²) in [4.78, 5) is 35.7. The Morgan fingerprint density at radius 3 is 1.96 bits per heavy atom. The first-order valence-corrected chi connectivity index (χ1v) is 8.07. The summed E-state index contributed by atoms with van der Waals surface area (Å²) in [5.74, 6) is -1.32. The molecule has 4 rings (SSSR count). The summed E-state index contributed by atoms with van der Waals surface area (Å²) in [5.41, 5.74) is 5.07. The largest absolute Gasteiger partial charge is 0.452 e. The minimum absolute atomic E-state index is 0.304. The quantitative estimate of drug-likeness (QED) is 0.389. The highest BCUT2D eigenvalue weighted by Crippen LogP contribution is 2.21. The molecule has 4 aliphatic heterocycles. The van der Waals surface area contributed by atoms with E-state index in [1.165, 1.54) is 18.2 Å². The van der Waals surface area contributed by atoms with E-state index in [2.05, 4.69) is 4.85 Å². The summed E-state index contributed by atoms with van der Waals surface area (Å²) in [5, 5.41) is 0. The van der Waals surface area contributed by atoms with Crippen LogP contribution in [0.5, 0.6) is 0 Å². The van der Waals surface area contributed by atoms with E-state index in [4.69, 9.17) is 31.3 Å². The summed E-state index contributed by atoms with van der Waals surface area (Å²) >= 11 is 0. The van der Waals surface area contributed by atoms with Crippen LogP contribution in [-0.2, 0) is 33.3 Å². The van der Waals surface area contributed by atoms with Crippen molar-refractivity contribution >= 4 is 17.8 Å². The molecule has 0 aromatic carbocycles. The van der Waals surface area contributed by atoms with Crippen LogP contribution >= 0.6 is 0 Å². The van der Waals surface area contributed by atoms with Crippen LogP contribution in [0.4, 0.5) is 0 Å². The molecule has 4 heterocycles. The van der Waals surface area contributed by atoms with Gasteiger partial charge in [-0.15, -0.1) is 0 Å². The maximum Gasteiger partial charge on any atom is 0.348 e. The molecule has 0 aromatic rings. The van der Waals surface area contributed by atoms with Gasteiger partial charge < -0.3 is 19.9 Å². The third-order valence-corrected chi connectivity index (χ3v) is 3.95. The first-order chi connectivity index (χ1) is 13.0. The number of esters is 2. The van der Waals surface area contributed by atoms with Gasteiger partial charge in [0.1, 0.15) is 12.2 Å². The average molecular weight is 372 g/mol. The summed E-state index contributed by atoms with van der Waals surface area (Å²) < 4.78 is 20.4. The van der Waals surface area contributed by atoms with Crippen molar-refractivity contribution in [1.29, 1.82) is 0 Å². The Labute approximate surface area is 154 Å². The lowest BCUT2D eigenvalue weighted by molar-refractivity contribution is -0.153. The highest BCUT2D eigenvalue weighted by molar-refractivity contribution is 5.84. The second-order valence-corrected chi connectivity index (χ2v) is 5.84. The molecule has 0 saturated heterocycles. The van der Waals surface area contributed by atoms with Crippen LogP contribution in [-0.4, -0.2) is 54.6 Å². The van der Waals surface area contributed by atoms with Gasteiger partial charge in [-0.05, 0) is 30.4 Å². The minimum Gasteiger partial charge on any atom is -0.452 e. The number of carbonyl (C=O) groups excluding carboxylic acids is 3. The molecule has 0 radical (unpaired) electrons. The molecule has 0 unspecified atom stereocenters. The van der Waals surface area contributed by atoms with Gasteiger partial charge >= 0.3 is 18.2 Å². The molecule has 0 saturated carbocycles. The molecular formula is C18H16N2O7. The number of nitrogens with two attached hydrogens (primary N) is 1. The van der Waals surface area contributed by atoms with Crippen molar-refractivity contribution < 1.29 is 33.3 Å². The summed E-state index contributed by atoms with van der Waals surface area (Å²) in [6, 6.07) is 0. The zero-order valence-electron chi connectivity index (χ0n) is 14.0. The Hall–Kier alpha value is -3.22. The number of primary amides is 1. The molecule has 0 spiro atoms. The van der Waals surface area contributed by atoms with Crippen molar-refractivity contribution in [2.75, 3.05) is 0 Å². The Morgan fingerprint density at radius 1 is 0.852 bits per heavy atom. The molecule has 9 nitrogen and oxygen atoms in total. The van der Waals surface area contributed by atoms with Gasteiger partial charge in [0, 0.05) is 18.2 Å². The number of hydrogen-bond donors (Lipinski definition) is 1. The number of hydrogen-bond acceptors (Lipinski definition) is 7. The molecule has 0 aliphatic carbocycles. The third kappa shape index (κ3) is 4.49. The average Bonchev–Trinajstić information content (AvgIpc) is 2.67. The van der Waals surface area contributed by atoms with Gasteiger partial charge in [-0.1, -0.05) is 0 Å². The van der Waals surface area contributed by atoms with Crippen molar-refractivity contribution in [1.82, 2.24) is 0 Å². The molecule has 4 aliphatic rings. The van der Waals surface area contributed by atoms with E-state index < -0.39 is 36.4 Å². The van der Waals surface area contributed by atoms with Crippen LogP contribution in [0.25, 0.3) is 4.85 Å². The zero-order chi connectivity index (χ0) is 19.4. The molecule has 1 amide bonds. The van der Waals surface area contributed by atoms with Crippen LogP contribution in [0, 0.1) is 6.57 Å². The van der Waals surface area contributed by atoms with Crippen molar-refractivity contribution in [2.24, 2.45) is 5.73 Å². The predicted molar refractivity (Wildman–Crippen MR) is 89.4 cm³/mol. The molecule has 27 heavy (non-hydrogen) atoms. The molecule has 6 atom stereocenters. The fourth-order valence-corrected chi connectivity index (χ4v) is 2.66. The maximum atomic E-state index is 10.8. The monoisotopic (exact) mass is 372 g/mol. The number of ether oxygens (including phenoxy) is 4. The first-order valence-electron chi connectivity index (χ1n) is 8.07. The van der Waals surface area contributed by atoms with Crippen molar-refractivity contribution in [3.05, 3.63) is 60.0 Å². The standard InChI is InChI=1S/C9H9NO4.C9H7NO3/c10-9(12)7-2-1-6-5(13-7)3-4-8(11)14-6;1-10-8-4-2-7-6(12-8)3-5-9(11)13-7/h1-7H,(H2,10,12);2-8H/t5-,6-,7+;6-,7-,8+/m11/s1. The van der Waals surface area contributed by atoms with Crippen LogP contribution in [0.3, 0.4) is 0 Å². The SMILES string of the molecule is NC(=O)[C@@H]1C=C[C@H]2OC(=O)C=C[C@H]2O1.[C-]#[N+][C@@H]1C=C[C@H]2OC(=O)C=C[C@H]2O1. The highest BCUT2D eigenvalue weighted by atomic mass is 16.6. The third-order valence-electron chi connectivity index (χ3n) is 3.95. The van der Waals surface area contributed by atoms with Crippen LogP contribution in [0.15, 0.2) is 48.6 Å². The number of rotatable bonds is 1. The van der Waals surface area contributed by atoms with Gasteiger partial charge in [0.2, 0.25) is 0 Å². The Balaban J connectivity index is 0.000000156. The van der Waals surface area contributed by atoms with Gasteiger partial charge in [-0.2, -0.15) is 0 Å². The van der Waals surface area contributed by atoms with Crippen molar-refractivity contribution in [2.45, 2.75) is 36.7 Å². The van der Waals surface area contributed by atoms with Gasteiger partial charge in [-0.3, -0.25) is 14.4 Å². The Kier molecular flexibility index (Phi) is 5.49. The van der Waals surface area contributed by atoms with Crippen LogP contribution in [0.1, 0.15) is 0 Å². The molecule has 0 aromatic heterocycles. The van der Waals surface area contributed by atoms with Gasteiger partial charge in [0.25, 0.3) is 5.91 Å². The number of carbonyl (C=O) groups is 3. The lowest BCUT2D eigenvalue weighted by Crippen LogP contribution is -2.43. The van der Waals surface area contributed by atoms with E-state index in [1.807, 2.05) is 0 Å². The summed E-state index contributed by atoms with van der Waals surface area (Å²) in [7, 11) is 0. The summed E-state index contributed by atoms with van der Waals surface area (Å²) in [6.45, 7) is 6.76. The molecular weight excluding hydrogens is 356 g/mol. The molecule has 0 fully saturated rings. The van der Waals surface area contributed by atoms with Gasteiger partial charge in [0.05, 0.1) is 0 Å². The molecule has 0 bridgehead atoms. The fraction of sp³-hybridized carbons (Fsp3) is 0.333. The lowest BCUT2D eigenvalue weighted by atomic mass is 10.1. The minimum atomic E-state index is -0.738. The van der Waals surface area contributed by atoms with E-state index in [1.54, 1.807) is 30.4 Å². The Morgan fingerprint density at radius 2 is 1.41 bits per heavy atom. The molecule has 140 valence electrons. The van der Waals surface area contributed by atoms with E-state index in [0.717, 1.165) is 0 Å². The fourth-order valence-electron chi connectivity index (χ4n) is 2.66. The topological polar surface area (TPSA) is 119 Å². The van der Waals surface area contributed by atoms with E-state index in [0.29, 0.717) is 0 Å². The van der Waals surface area contributed by atoms with E-state index in [-0.39, 0.29) is 18.2 Å². The zero-order valence-corrected chi connectivity index (χ0v) is 14.0. The van der Waals surface area contributed by atoms with Gasteiger partial charge in [-0.25, -0.2) is 16.2 Å². The van der Waals surface area contributed by atoms with Gasteiger partial charge in [0.15, 0.2) is 18.3 Å². The van der Waals surface area contributed by atoms with E-state index >= 15 is 0 Å². The summed E-state index contributed by atoms with van der Waals surface area (Å²) in [6.07, 6.45) is 9.38. The first kappa shape index (κ1) is 18.6. The number of fused-ring (bicyclic) bond motifs is 2. The normalized spacial score (nSPS) is 35.5. The molecule has 2 N–H and O–H groups in total. The maximum absolute atomic E-state index is 10.8. The highest BCUT2D eigenvalue weighted by Gasteiger charge is 2.33. The second kappa shape index (κ2) is 7.99.